The Morgan fingerprint density at radius 2 is 1.59 bits per heavy atom. The van der Waals surface area contributed by atoms with Gasteiger partial charge in [-0.3, -0.25) is 0 Å². The van der Waals surface area contributed by atoms with Gasteiger partial charge in [0.15, 0.2) is 5.75 Å². The molecule has 1 N–H and O–H groups in total. The van der Waals surface area contributed by atoms with E-state index in [1.54, 1.807) is 7.11 Å². The predicted octanol–water partition coefficient (Wildman–Crippen LogP) is 4.56. The summed E-state index contributed by atoms with van der Waals surface area (Å²) in [5.74, 6) is 1.85. The Morgan fingerprint density at radius 3 is 2.27 bits per heavy atom. The van der Waals surface area contributed by atoms with Crippen LogP contribution in [-0.4, -0.2) is 25.4 Å². The van der Waals surface area contributed by atoms with Crippen molar-refractivity contribution >= 4 is 23.2 Å². The Hall–Kier alpha value is -1.78. The van der Waals surface area contributed by atoms with E-state index in [-0.39, 0.29) is 15.8 Å². The predicted molar refractivity (Wildman–Crippen MR) is 86.7 cm³/mol. The summed E-state index contributed by atoms with van der Waals surface area (Å²) in [4.78, 5) is 0. The van der Waals surface area contributed by atoms with Gasteiger partial charge in [0.1, 0.15) is 17.2 Å². The number of rotatable bonds is 7. The minimum Gasteiger partial charge on any atom is -0.508 e. The summed E-state index contributed by atoms with van der Waals surface area (Å²) < 4.78 is 16.2. The van der Waals surface area contributed by atoms with Gasteiger partial charge in [0.25, 0.3) is 0 Å². The Morgan fingerprint density at radius 1 is 0.955 bits per heavy atom. The average molecular weight is 343 g/mol. The van der Waals surface area contributed by atoms with Crippen LogP contribution in [0.5, 0.6) is 23.0 Å². The highest BCUT2D eigenvalue weighted by Gasteiger charge is 2.09. The number of phenols is 1. The third kappa shape index (κ3) is 4.61. The fourth-order valence-electron chi connectivity index (χ4n) is 1.80. The van der Waals surface area contributed by atoms with E-state index in [9.17, 15) is 5.11 Å². The van der Waals surface area contributed by atoms with E-state index in [4.69, 9.17) is 37.4 Å². The van der Waals surface area contributed by atoms with Crippen LogP contribution in [0.2, 0.25) is 10.0 Å². The van der Waals surface area contributed by atoms with Crippen LogP contribution in [0.25, 0.3) is 0 Å². The lowest BCUT2D eigenvalue weighted by Gasteiger charge is -2.11. The van der Waals surface area contributed by atoms with Crippen LogP contribution >= 0.6 is 23.2 Å². The summed E-state index contributed by atoms with van der Waals surface area (Å²) in [5.41, 5.74) is 0. The van der Waals surface area contributed by atoms with E-state index in [0.29, 0.717) is 25.4 Å². The number of ether oxygens (including phenoxy) is 3. The smallest absolute Gasteiger partial charge is 0.156 e. The Bertz CT molecular complexity index is 608. The van der Waals surface area contributed by atoms with E-state index >= 15 is 0 Å². The lowest BCUT2D eigenvalue weighted by molar-refractivity contribution is 0.247. The molecule has 0 atom stereocenters. The van der Waals surface area contributed by atoms with Gasteiger partial charge in [-0.15, -0.1) is 0 Å². The molecule has 0 unspecified atom stereocenters. The van der Waals surface area contributed by atoms with E-state index in [1.165, 1.54) is 12.1 Å². The normalized spacial score (nSPS) is 10.3. The molecule has 0 fully saturated rings. The van der Waals surface area contributed by atoms with Crippen LogP contribution in [-0.2, 0) is 0 Å². The van der Waals surface area contributed by atoms with Crippen LogP contribution in [0, 0.1) is 0 Å². The molecule has 6 heteroatoms. The molecule has 0 saturated carbocycles. The first-order valence-corrected chi connectivity index (χ1v) is 7.43. The van der Waals surface area contributed by atoms with Gasteiger partial charge in [0, 0.05) is 24.6 Å². The van der Waals surface area contributed by atoms with Crippen molar-refractivity contribution in [2.75, 3.05) is 20.3 Å². The molecule has 0 saturated heterocycles. The number of benzene rings is 2. The molecule has 2 aromatic carbocycles. The highest BCUT2D eigenvalue weighted by molar-refractivity contribution is 6.37. The first-order chi connectivity index (χ1) is 10.6. The molecule has 0 heterocycles. The maximum atomic E-state index is 9.34. The zero-order valence-electron chi connectivity index (χ0n) is 12.0. The third-order valence-corrected chi connectivity index (χ3v) is 3.39. The summed E-state index contributed by atoms with van der Waals surface area (Å²) in [6, 6.07) is 10.2. The molecule has 2 rings (SSSR count). The molecule has 0 aliphatic carbocycles. The van der Waals surface area contributed by atoms with Crippen molar-refractivity contribution in [3.63, 3.8) is 0 Å². The first-order valence-electron chi connectivity index (χ1n) is 6.68. The Kier molecular flexibility index (Phi) is 6.04. The summed E-state index contributed by atoms with van der Waals surface area (Å²) in [7, 11) is 1.61. The van der Waals surface area contributed by atoms with Crippen molar-refractivity contribution in [1.29, 1.82) is 0 Å². The van der Waals surface area contributed by atoms with Crippen molar-refractivity contribution < 1.29 is 19.3 Å². The van der Waals surface area contributed by atoms with Gasteiger partial charge in [-0.1, -0.05) is 29.3 Å². The largest absolute Gasteiger partial charge is 0.508 e. The Balaban J connectivity index is 1.78. The molecule has 0 amide bonds. The number of hydrogen-bond donors (Lipinski definition) is 1. The van der Waals surface area contributed by atoms with Crippen LogP contribution in [0.1, 0.15) is 6.42 Å². The molecule has 2 aromatic rings. The second-order valence-corrected chi connectivity index (χ2v) is 5.28. The van der Waals surface area contributed by atoms with Crippen molar-refractivity contribution in [3.8, 4) is 23.0 Å². The SMILES string of the molecule is COc1cccc(OCCCOc2c(Cl)cc(O)cc2Cl)c1. The summed E-state index contributed by atoms with van der Waals surface area (Å²) in [6.45, 7) is 0.884. The third-order valence-electron chi connectivity index (χ3n) is 2.83. The maximum Gasteiger partial charge on any atom is 0.156 e. The first kappa shape index (κ1) is 16.6. The van der Waals surface area contributed by atoms with Gasteiger partial charge in [0.2, 0.25) is 0 Å². The topological polar surface area (TPSA) is 47.9 Å². The van der Waals surface area contributed by atoms with E-state index in [2.05, 4.69) is 0 Å². The zero-order valence-corrected chi connectivity index (χ0v) is 13.5. The summed E-state index contributed by atoms with van der Waals surface area (Å²) >= 11 is 11.9. The maximum absolute atomic E-state index is 9.34. The van der Waals surface area contributed by atoms with Gasteiger partial charge in [-0.2, -0.15) is 0 Å². The lowest BCUT2D eigenvalue weighted by Crippen LogP contribution is -2.05. The van der Waals surface area contributed by atoms with Crippen LogP contribution in [0.4, 0.5) is 0 Å². The molecule has 0 aromatic heterocycles. The molecule has 0 aliphatic heterocycles. The van der Waals surface area contributed by atoms with E-state index < -0.39 is 0 Å². The van der Waals surface area contributed by atoms with E-state index in [0.717, 1.165) is 11.5 Å². The molecule has 4 nitrogen and oxygen atoms in total. The highest BCUT2D eigenvalue weighted by Crippen LogP contribution is 2.36. The van der Waals surface area contributed by atoms with Gasteiger partial charge in [-0.25, -0.2) is 0 Å². The molecule has 22 heavy (non-hydrogen) atoms. The number of phenolic OH excluding ortho intramolecular Hbond substituents is 1. The highest BCUT2D eigenvalue weighted by atomic mass is 35.5. The summed E-state index contributed by atoms with van der Waals surface area (Å²) in [6.07, 6.45) is 0.657. The zero-order chi connectivity index (χ0) is 15.9. The van der Waals surface area contributed by atoms with Gasteiger partial charge in [0.05, 0.1) is 30.4 Å². The molecule has 0 spiro atoms. The number of methoxy groups -OCH3 is 1. The monoisotopic (exact) mass is 342 g/mol. The molecule has 0 radical (unpaired) electrons. The fraction of sp³-hybridized carbons (Fsp3) is 0.250. The molecular formula is C16H16Cl2O4. The molecule has 0 bridgehead atoms. The minimum absolute atomic E-state index is 0.00343. The van der Waals surface area contributed by atoms with Crippen LogP contribution < -0.4 is 14.2 Å². The second kappa shape index (κ2) is 8.01. The summed E-state index contributed by atoms with van der Waals surface area (Å²) in [5, 5.41) is 9.90. The van der Waals surface area contributed by atoms with E-state index in [1.807, 2.05) is 24.3 Å². The fourth-order valence-corrected chi connectivity index (χ4v) is 2.38. The number of aromatic hydroxyl groups is 1. The second-order valence-electron chi connectivity index (χ2n) is 4.47. The molecule has 118 valence electrons. The number of hydrogen-bond acceptors (Lipinski definition) is 4. The van der Waals surface area contributed by atoms with Crippen molar-refractivity contribution in [3.05, 3.63) is 46.4 Å². The molecule has 0 aliphatic rings. The van der Waals surface area contributed by atoms with Crippen LogP contribution in [0.3, 0.4) is 0 Å². The Labute approximate surface area is 139 Å². The van der Waals surface area contributed by atoms with Gasteiger partial charge in [-0.05, 0) is 12.1 Å². The van der Waals surface area contributed by atoms with Crippen molar-refractivity contribution in [2.45, 2.75) is 6.42 Å². The lowest BCUT2D eigenvalue weighted by atomic mass is 10.3. The minimum atomic E-state index is 0.00343. The molecular weight excluding hydrogens is 327 g/mol. The average Bonchev–Trinajstić information content (AvgIpc) is 2.49. The van der Waals surface area contributed by atoms with Crippen LogP contribution in [0.15, 0.2) is 36.4 Å². The van der Waals surface area contributed by atoms with Gasteiger partial charge >= 0.3 is 0 Å². The standard InChI is InChI=1S/C16H16Cl2O4/c1-20-12-4-2-5-13(10-12)21-6-3-7-22-16-14(17)8-11(19)9-15(16)18/h2,4-5,8-10,19H,3,6-7H2,1H3. The van der Waals surface area contributed by atoms with Crippen molar-refractivity contribution in [2.24, 2.45) is 0 Å². The van der Waals surface area contributed by atoms with Gasteiger partial charge < -0.3 is 19.3 Å². The van der Waals surface area contributed by atoms with Crippen molar-refractivity contribution in [1.82, 2.24) is 0 Å². The quantitative estimate of drug-likeness (QED) is 0.749. The number of halogens is 2.